The number of benzene rings is 1. The predicted molar refractivity (Wildman–Crippen MR) is 121 cm³/mol. The van der Waals surface area contributed by atoms with Crippen molar-refractivity contribution in [3.63, 3.8) is 0 Å². The van der Waals surface area contributed by atoms with Gasteiger partial charge in [0.15, 0.2) is 0 Å². The SMILES string of the molecule is CCCC[C@H](NC(=O)OCc1ccccc1)C(=O)N[C@@H](CCNC(=O)OC(C)(C)C)C(=O)O. The molecule has 0 fully saturated rings. The van der Waals surface area contributed by atoms with E-state index in [4.69, 9.17) is 9.47 Å². The van der Waals surface area contributed by atoms with Gasteiger partial charge in [-0.15, -0.1) is 0 Å². The number of carbonyl (C=O) groups excluding carboxylic acids is 3. The fraction of sp³-hybridized carbons (Fsp3) is 0.565. The van der Waals surface area contributed by atoms with E-state index in [2.05, 4.69) is 16.0 Å². The van der Waals surface area contributed by atoms with E-state index < -0.39 is 41.7 Å². The molecular formula is C23H35N3O7. The number of amides is 3. The molecule has 0 saturated carbocycles. The van der Waals surface area contributed by atoms with Gasteiger partial charge in [-0.3, -0.25) is 4.79 Å². The van der Waals surface area contributed by atoms with Gasteiger partial charge in [0.2, 0.25) is 5.91 Å². The lowest BCUT2D eigenvalue weighted by atomic mass is 10.1. The molecule has 0 bridgehead atoms. The molecule has 0 aliphatic carbocycles. The molecular weight excluding hydrogens is 430 g/mol. The number of hydrogen-bond acceptors (Lipinski definition) is 6. The molecule has 0 heterocycles. The highest BCUT2D eigenvalue weighted by Gasteiger charge is 2.27. The van der Waals surface area contributed by atoms with Gasteiger partial charge in [-0.05, 0) is 39.2 Å². The average Bonchev–Trinajstić information content (AvgIpc) is 2.73. The summed E-state index contributed by atoms with van der Waals surface area (Å²) in [7, 11) is 0. The molecule has 0 aliphatic rings. The summed E-state index contributed by atoms with van der Waals surface area (Å²) in [5.74, 6) is -1.89. The van der Waals surface area contributed by atoms with Crippen LogP contribution in [0.25, 0.3) is 0 Å². The summed E-state index contributed by atoms with van der Waals surface area (Å²) in [4.78, 5) is 48.2. The Morgan fingerprint density at radius 2 is 1.64 bits per heavy atom. The van der Waals surface area contributed by atoms with Crippen molar-refractivity contribution in [2.75, 3.05) is 6.54 Å². The van der Waals surface area contributed by atoms with Gasteiger partial charge in [-0.1, -0.05) is 50.1 Å². The molecule has 0 unspecified atom stereocenters. The van der Waals surface area contributed by atoms with Gasteiger partial charge in [0.05, 0.1) is 0 Å². The van der Waals surface area contributed by atoms with Crippen molar-refractivity contribution in [1.29, 1.82) is 0 Å². The molecule has 1 aromatic rings. The molecule has 184 valence electrons. The van der Waals surface area contributed by atoms with Crippen molar-refractivity contribution < 1.29 is 33.8 Å². The monoisotopic (exact) mass is 465 g/mol. The summed E-state index contributed by atoms with van der Waals surface area (Å²) < 4.78 is 10.3. The molecule has 1 rings (SSSR count). The van der Waals surface area contributed by atoms with Crippen LogP contribution in [-0.4, -0.2) is 53.4 Å². The van der Waals surface area contributed by atoms with Crippen LogP contribution in [0.2, 0.25) is 0 Å². The van der Waals surface area contributed by atoms with E-state index >= 15 is 0 Å². The number of carboxylic acid groups (broad SMARTS) is 1. The zero-order valence-electron chi connectivity index (χ0n) is 19.7. The number of unbranched alkanes of at least 4 members (excludes halogenated alkanes) is 1. The van der Waals surface area contributed by atoms with E-state index in [0.717, 1.165) is 12.0 Å². The normalized spacial score (nSPS) is 12.7. The maximum absolute atomic E-state index is 12.7. The van der Waals surface area contributed by atoms with Crippen molar-refractivity contribution in [2.24, 2.45) is 0 Å². The third-order valence-corrected chi connectivity index (χ3v) is 4.38. The van der Waals surface area contributed by atoms with Gasteiger partial charge < -0.3 is 30.5 Å². The van der Waals surface area contributed by atoms with E-state index in [1.807, 2.05) is 25.1 Å². The number of hydrogen-bond donors (Lipinski definition) is 4. The van der Waals surface area contributed by atoms with E-state index in [1.165, 1.54) is 0 Å². The highest BCUT2D eigenvalue weighted by Crippen LogP contribution is 2.07. The number of rotatable bonds is 12. The van der Waals surface area contributed by atoms with Crippen LogP contribution in [-0.2, 0) is 25.7 Å². The lowest BCUT2D eigenvalue weighted by Gasteiger charge is -2.22. The number of aliphatic carboxylic acids is 1. The van der Waals surface area contributed by atoms with Gasteiger partial charge in [0.25, 0.3) is 0 Å². The first-order chi connectivity index (χ1) is 15.5. The topological polar surface area (TPSA) is 143 Å². The third-order valence-electron chi connectivity index (χ3n) is 4.38. The first-order valence-corrected chi connectivity index (χ1v) is 11.0. The second kappa shape index (κ2) is 14.0. The molecule has 0 aliphatic heterocycles. The molecule has 33 heavy (non-hydrogen) atoms. The first-order valence-electron chi connectivity index (χ1n) is 11.0. The van der Waals surface area contributed by atoms with Crippen LogP contribution in [0, 0.1) is 0 Å². The van der Waals surface area contributed by atoms with E-state index in [1.54, 1.807) is 32.9 Å². The Balaban J connectivity index is 2.62. The second-order valence-electron chi connectivity index (χ2n) is 8.52. The molecule has 1 aromatic carbocycles. The van der Waals surface area contributed by atoms with E-state index in [9.17, 15) is 24.3 Å². The van der Waals surface area contributed by atoms with Crippen molar-refractivity contribution in [3.05, 3.63) is 35.9 Å². The van der Waals surface area contributed by atoms with Crippen molar-refractivity contribution in [2.45, 2.75) is 77.7 Å². The molecule has 10 heteroatoms. The molecule has 0 radical (unpaired) electrons. The summed E-state index contributed by atoms with van der Waals surface area (Å²) in [6.45, 7) is 7.09. The van der Waals surface area contributed by atoms with Crippen LogP contribution in [0.1, 0.15) is 58.9 Å². The Kier molecular flexibility index (Phi) is 11.7. The third kappa shape index (κ3) is 12.4. The Labute approximate surface area is 194 Å². The van der Waals surface area contributed by atoms with Gasteiger partial charge in [-0.2, -0.15) is 0 Å². The van der Waals surface area contributed by atoms with Crippen LogP contribution in [0.15, 0.2) is 30.3 Å². The Morgan fingerprint density at radius 3 is 2.21 bits per heavy atom. The lowest BCUT2D eigenvalue weighted by molar-refractivity contribution is -0.142. The Bertz CT molecular complexity index is 778. The van der Waals surface area contributed by atoms with Crippen molar-refractivity contribution in [1.82, 2.24) is 16.0 Å². The smallest absolute Gasteiger partial charge is 0.408 e. The van der Waals surface area contributed by atoms with Gasteiger partial charge in [-0.25, -0.2) is 14.4 Å². The van der Waals surface area contributed by atoms with Crippen molar-refractivity contribution >= 4 is 24.1 Å². The molecule has 0 spiro atoms. The van der Waals surface area contributed by atoms with Crippen LogP contribution in [0.3, 0.4) is 0 Å². The maximum atomic E-state index is 12.7. The summed E-state index contributed by atoms with van der Waals surface area (Å²) in [6.07, 6.45) is 0.252. The summed E-state index contributed by atoms with van der Waals surface area (Å²) in [6, 6.07) is 6.88. The lowest BCUT2D eigenvalue weighted by Crippen LogP contribution is -2.52. The molecule has 0 saturated heterocycles. The first kappa shape index (κ1) is 27.7. The summed E-state index contributed by atoms with van der Waals surface area (Å²) >= 11 is 0. The number of carboxylic acids is 1. The number of alkyl carbamates (subject to hydrolysis) is 2. The van der Waals surface area contributed by atoms with Crippen LogP contribution >= 0.6 is 0 Å². The maximum Gasteiger partial charge on any atom is 0.408 e. The molecule has 10 nitrogen and oxygen atoms in total. The number of carbonyl (C=O) groups is 4. The Hall–Kier alpha value is -3.30. The fourth-order valence-electron chi connectivity index (χ4n) is 2.75. The molecule has 2 atom stereocenters. The quantitative estimate of drug-likeness (QED) is 0.372. The van der Waals surface area contributed by atoms with Crippen LogP contribution in [0.4, 0.5) is 9.59 Å². The van der Waals surface area contributed by atoms with Gasteiger partial charge >= 0.3 is 18.2 Å². The zero-order valence-corrected chi connectivity index (χ0v) is 19.7. The minimum atomic E-state index is -1.25. The fourth-order valence-corrected chi connectivity index (χ4v) is 2.75. The highest BCUT2D eigenvalue weighted by molar-refractivity contribution is 5.89. The zero-order chi connectivity index (χ0) is 24.9. The van der Waals surface area contributed by atoms with E-state index in [0.29, 0.717) is 12.8 Å². The average molecular weight is 466 g/mol. The number of ether oxygens (including phenoxy) is 2. The van der Waals surface area contributed by atoms with Crippen molar-refractivity contribution in [3.8, 4) is 0 Å². The van der Waals surface area contributed by atoms with Gasteiger partial charge in [0.1, 0.15) is 24.3 Å². The predicted octanol–water partition coefficient (Wildman–Crippen LogP) is 2.96. The Morgan fingerprint density at radius 1 is 0.970 bits per heavy atom. The molecule has 4 N–H and O–H groups in total. The van der Waals surface area contributed by atoms with Gasteiger partial charge in [0, 0.05) is 6.54 Å². The minimum absolute atomic E-state index is 0.0155. The standard InChI is InChI=1S/C23H35N3O7/c1-5-6-12-17(26-22(31)32-15-16-10-8-7-9-11-16)19(27)25-18(20(28)29)13-14-24-21(30)33-23(2,3)4/h7-11,17-18H,5-6,12-15H2,1-4H3,(H,24,30)(H,25,27)(H,26,31)(H,28,29)/t17-,18-/m0/s1. The largest absolute Gasteiger partial charge is 0.480 e. The highest BCUT2D eigenvalue weighted by atomic mass is 16.6. The molecule has 0 aromatic heterocycles. The summed E-state index contributed by atoms with van der Waals surface area (Å²) in [5.41, 5.74) is 0.114. The molecule has 3 amide bonds. The van der Waals surface area contributed by atoms with E-state index in [-0.39, 0.29) is 19.6 Å². The minimum Gasteiger partial charge on any atom is -0.480 e. The number of nitrogens with one attached hydrogen (secondary N) is 3. The van der Waals surface area contributed by atoms with Crippen LogP contribution in [0.5, 0.6) is 0 Å². The van der Waals surface area contributed by atoms with Crippen LogP contribution < -0.4 is 16.0 Å². The second-order valence-corrected chi connectivity index (χ2v) is 8.52. The summed E-state index contributed by atoms with van der Waals surface area (Å²) in [5, 5.41) is 16.8.